The average molecular weight is 255 g/mol. The minimum atomic E-state index is -0.508. The first kappa shape index (κ1) is 14.3. The van der Waals surface area contributed by atoms with E-state index in [1.54, 1.807) is 0 Å². The van der Waals surface area contributed by atoms with Gasteiger partial charge in [0.05, 0.1) is 18.3 Å². The summed E-state index contributed by atoms with van der Waals surface area (Å²) < 4.78 is 12.1. The summed E-state index contributed by atoms with van der Waals surface area (Å²) in [5.41, 5.74) is 0. The molecule has 18 heavy (non-hydrogen) atoms. The van der Waals surface area contributed by atoms with Crippen LogP contribution in [0.5, 0.6) is 0 Å². The zero-order valence-corrected chi connectivity index (χ0v) is 11.4. The average Bonchev–Trinajstić information content (AvgIpc) is 2.98. The zero-order valence-electron chi connectivity index (χ0n) is 11.4. The minimum Gasteiger partial charge on any atom is -0.393 e. The Hall–Kier alpha value is -0.120. The summed E-state index contributed by atoms with van der Waals surface area (Å²) in [5, 5.41) is 9.30. The van der Waals surface area contributed by atoms with Crippen molar-refractivity contribution in [3.63, 3.8) is 0 Å². The quantitative estimate of drug-likeness (QED) is 0.710. The summed E-state index contributed by atoms with van der Waals surface area (Å²) in [6.07, 6.45) is 11.3. The van der Waals surface area contributed by atoms with Crippen molar-refractivity contribution in [2.75, 3.05) is 0 Å². The predicted octanol–water partition coefficient (Wildman–Crippen LogP) is 3.21. The standard InChI is InChI=1S/C15H27O3/c1-12(16)10-11-15(17-13-6-2-3-7-13)18-14-8-4-5-9-14/h12-16H,1-11H2. The molecule has 2 saturated carbocycles. The SMILES string of the molecule is [CH2]C(O)CCC(OC1CCCC1)OC1CCCC1. The number of rotatable bonds is 7. The van der Waals surface area contributed by atoms with Crippen LogP contribution in [0.1, 0.15) is 64.2 Å². The second-order valence-electron chi connectivity index (χ2n) is 5.75. The Bertz CT molecular complexity index is 200. The predicted molar refractivity (Wildman–Crippen MR) is 71.1 cm³/mol. The fourth-order valence-electron chi connectivity index (χ4n) is 2.97. The number of hydrogen-bond donors (Lipinski definition) is 1. The molecule has 105 valence electrons. The molecule has 1 N–H and O–H groups in total. The zero-order chi connectivity index (χ0) is 12.8. The van der Waals surface area contributed by atoms with Gasteiger partial charge >= 0.3 is 0 Å². The van der Waals surface area contributed by atoms with Gasteiger partial charge in [-0.2, -0.15) is 0 Å². The fourth-order valence-corrected chi connectivity index (χ4v) is 2.97. The molecule has 2 fully saturated rings. The molecule has 3 nitrogen and oxygen atoms in total. The summed E-state index contributed by atoms with van der Waals surface area (Å²) in [7, 11) is 0. The second-order valence-corrected chi connectivity index (χ2v) is 5.75. The molecule has 1 radical (unpaired) electrons. The van der Waals surface area contributed by atoms with Gasteiger partial charge in [-0.05, 0) is 39.0 Å². The third-order valence-electron chi connectivity index (χ3n) is 4.03. The normalized spacial score (nSPS) is 24.2. The van der Waals surface area contributed by atoms with Gasteiger partial charge in [0.25, 0.3) is 0 Å². The van der Waals surface area contributed by atoms with Crippen LogP contribution in [0.3, 0.4) is 0 Å². The molecule has 0 aromatic heterocycles. The highest BCUT2D eigenvalue weighted by Crippen LogP contribution is 2.27. The number of ether oxygens (including phenoxy) is 2. The van der Waals surface area contributed by atoms with Crippen LogP contribution in [0.4, 0.5) is 0 Å². The van der Waals surface area contributed by atoms with E-state index in [0.29, 0.717) is 18.6 Å². The van der Waals surface area contributed by atoms with Gasteiger partial charge < -0.3 is 14.6 Å². The highest BCUT2D eigenvalue weighted by atomic mass is 16.7. The van der Waals surface area contributed by atoms with Crippen molar-refractivity contribution in [3.8, 4) is 0 Å². The van der Waals surface area contributed by atoms with Gasteiger partial charge in [-0.1, -0.05) is 25.7 Å². The smallest absolute Gasteiger partial charge is 0.158 e. The molecule has 0 aromatic carbocycles. The lowest BCUT2D eigenvalue weighted by Crippen LogP contribution is -2.28. The molecule has 2 aliphatic carbocycles. The van der Waals surface area contributed by atoms with E-state index >= 15 is 0 Å². The maximum absolute atomic E-state index is 9.30. The van der Waals surface area contributed by atoms with Crippen molar-refractivity contribution in [1.82, 2.24) is 0 Å². The summed E-state index contributed by atoms with van der Waals surface area (Å²) in [5.74, 6) is 0. The van der Waals surface area contributed by atoms with Crippen LogP contribution in [0.2, 0.25) is 0 Å². The van der Waals surface area contributed by atoms with Crippen molar-refractivity contribution in [2.24, 2.45) is 0 Å². The van der Waals surface area contributed by atoms with E-state index in [1.165, 1.54) is 25.7 Å². The first-order chi connectivity index (χ1) is 8.74. The molecular formula is C15H27O3. The van der Waals surface area contributed by atoms with Crippen LogP contribution in [0.25, 0.3) is 0 Å². The van der Waals surface area contributed by atoms with Gasteiger partial charge in [0.2, 0.25) is 0 Å². The van der Waals surface area contributed by atoms with Crippen LogP contribution >= 0.6 is 0 Å². The topological polar surface area (TPSA) is 38.7 Å². The van der Waals surface area contributed by atoms with E-state index in [0.717, 1.165) is 32.1 Å². The maximum Gasteiger partial charge on any atom is 0.158 e. The van der Waals surface area contributed by atoms with Gasteiger partial charge in [0.1, 0.15) is 0 Å². The summed E-state index contributed by atoms with van der Waals surface area (Å²) >= 11 is 0. The maximum atomic E-state index is 9.30. The van der Waals surface area contributed by atoms with Crippen molar-refractivity contribution < 1.29 is 14.6 Å². The molecular weight excluding hydrogens is 228 g/mol. The van der Waals surface area contributed by atoms with Crippen molar-refractivity contribution in [1.29, 1.82) is 0 Å². The molecule has 0 spiro atoms. The molecule has 2 rings (SSSR count). The minimum absolute atomic E-state index is 0.132. The van der Waals surface area contributed by atoms with Gasteiger partial charge in [-0.3, -0.25) is 0 Å². The Morgan fingerprint density at radius 3 is 1.72 bits per heavy atom. The molecule has 0 bridgehead atoms. The molecule has 0 heterocycles. The number of aliphatic hydroxyl groups excluding tert-OH is 1. The Morgan fingerprint density at radius 2 is 1.33 bits per heavy atom. The van der Waals surface area contributed by atoms with Crippen molar-refractivity contribution in [2.45, 2.75) is 88.8 Å². The molecule has 0 aromatic rings. The van der Waals surface area contributed by atoms with Gasteiger partial charge in [-0.25, -0.2) is 0 Å². The molecule has 3 heteroatoms. The van der Waals surface area contributed by atoms with Gasteiger partial charge in [-0.15, -0.1) is 0 Å². The Kier molecular flexibility index (Phi) is 5.93. The van der Waals surface area contributed by atoms with Crippen LogP contribution in [-0.4, -0.2) is 29.7 Å². The lowest BCUT2D eigenvalue weighted by Gasteiger charge is -2.26. The first-order valence-electron chi connectivity index (χ1n) is 7.56. The first-order valence-corrected chi connectivity index (χ1v) is 7.56. The number of hydrogen-bond acceptors (Lipinski definition) is 3. The second kappa shape index (κ2) is 7.46. The molecule has 0 amide bonds. The molecule has 0 aliphatic heterocycles. The van der Waals surface area contributed by atoms with E-state index in [-0.39, 0.29) is 6.29 Å². The van der Waals surface area contributed by atoms with E-state index in [2.05, 4.69) is 6.92 Å². The largest absolute Gasteiger partial charge is 0.393 e. The summed E-state index contributed by atoms with van der Waals surface area (Å²) in [6, 6.07) is 0. The molecule has 1 atom stereocenters. The molecule has 0 saturated heterocycles. The van der Waals surface area contributed by atoms with E-state index < -0.39 is 6.10 Å². The fraction of sp³-hybridized carbons (Fsp3) is 0.933. The molecule has 2 aliphatic rings. The van der Waals surface area contributed by atoms with E-state index in [9.17, 15) is 5.11 Å². The highest BCUT2D eigenvalue weighted by molar-refractivity contribution is 4.71. The van der Waals surface area contributed by atoms with Gasteiger partial charge in [0.15, 0.2) is 6.29 Å². The van der Waals surface area contributed by atoms with Crippen molar-refractivity contribution >= 4 is 0 Å². The third kappa shape index (κ3) is 4.87. The third-order valence-corrected chi connectivity index (χ3v) is 4.03. The Morgan fingerprint density at radius 1 is 0.889 bits per heavy atom. The number of aliphatic hydroxyl groups is 1. The van der Waals surface area contributed by atoms with Crippen LogP contribution in [0.15, 0.2) is 0 Å². The lowest BCUT2D eigenvalue weighted by molar-refractivity contribution is -0.196. The summed E-state index contributed by atoms with van der Waals surface area (Å²) in [6.45, 7) is 3.62. The highest BCUT2D eigenvalue weighted by Gasteiger charge is 2.25. The van der Waals surface area contributed by atoms with Crippen molar-refractivity contribution in [3.05, 3.63) is 6.92 Å². The van der Waals surface area contributed by atoms with E-state index in [4.69, 9.17) is 9.47 Å². The molecule has 1 unspecified atom stereocenters. The van der Waals surface area contributed by atoms with E-state index in [1.807, 2.05) is 0 Å². The van der Waals surface area contributed by atoms with Crippen LogP contribution < -0.4 is 0 Å². The van der Waals surface area contributed by atoms with Crippen LogP contribution in [0, 0.1) is 6.92 Å². The lowest BCUT2D eigenvalue weighted by atomic mass is 10.2. The Labute approximate surface area is 111 Å². The monoisotopic (exact) mass is 255 g/mol. The summed E-state index contributed by atoms with van der Waals surface area (Å²) in [4.78, 5) is 0. The van der Waals surface area contributed by atoms with Crippen LogP contribution in [-0.2, 0) is 9.47 Å². The van der Waals surface area contributed by atoms with Gasteiger partial charge in [0, 0.05) is 6.42 Å². The Balaban J connectivity index is 1.76.